The summed E-state index contributed by atoms with van der Waals surface area (Å²) in [5.74, 6) is 0.965. The van der Waals surface area contributed by atoms with Gasteiger partial charge in [-0.15, -0.1) is 0 Å². The van der Waals surface area contributed by atoms with Crippen LogP contribution in [-0.4, -0.2) is 62.2 Å². The van der Waals surface area contributed by atoms with Crippen LogP contribution in [0.25, 0.3) is 0 Å². The van der Waals surface area contributed by atoms with Crippen molar-refractivity contribution in [1.29, 1.82) is 0 Å². The molecular formula is C18H29N3O. The van der Waals surface area contributed by atoms with Crippen LogP contribution in [0.3, 0.4) is 0 Å². The zero-order valence-electron chi connectivity index (χ0n) is 13.9. The molecule has 0 radical (unpaired) electrons. The molecule has 2 aliphatic heterocycles. The maximum atomic E-state index is 5.44. The largest absolute Gasteiger partial charge is 0.497 e. The molecule has 4 nitrogen and oxygen atoms in total. The Morgan fingerprint density at radius 2 is 2.09 bits per heavy atom. The molecule has 0 amide bonds. The molecule has 2 saturated heterocycles. The Bertz CT molecular complexity index is 473. The first-order chi connectivity index (χ1) is 10.8. The molecule has 2 fully saturated rings. The van der Waals surface area contributed by atoms with E-state index in [1.54, 1.807) is 7.11 Å². The van der Waals surface area contributed by atoms with Crippen LogP contribution < -0.4 is 10.1 Å². The van der Waals surface area contributed by atoms with E-state index in [9.17, 15) is 0 Å². The van der Waals surface area contributed by atoms with E-state index in [1.165, 1.54) is 31.5 Å². The SMILES string of the molecule is COc1cccc(C(CN2CCCC2)N2CCNCC2C)c1. The lowest BCUT2D eigenvalue weighted by Crippen LogP contribution is -2.52. The van der Waals surface area contributed by atoms with E-state index < -0.39 is 0 Å². The fourth-order valence-electron chi connectivity index (χ4n) is 3.78. The van der Waals surface area contributed by atoms with E-state index in [-0.39, 0.29) is 0 Å². The summed E-state index contributed by atoms with van der Waals surface area (Å²) in [5, 5.41) is 3.51. The number of hydrogen-bond donors (Lipinski definition) is 1. The molecule has 2 unspecified atom stereocenters. The lowest BCUT2D eigenvalue weighted by molar-refractivity contribution is 0.0906. The molecule has 0 spiro atoms. The molecule has 0 saturated carbocycles. The van der Waals surface area contributed by atoms with Gasteiger partial charge in [0.2, 0.25) is 0 Å². The molecule has 0 aliphatic carbocycles. The second kappa shape index (κ2) is 7.44. The first-order valence-electron chi connectivity index (χ1n) is 8.60. The Kier molecular flexibility index (Phi) is 5.34. The van der Waals surface area contributed by atoms with Gasteiger partial charge >= 0.3 is 0 Å². The lowest BCUT2D eigenvalue weighted by Gasteiger charge is -2.41. The van der Waals surface area contributed by atoms with Gasteiger partial charge in [-0.1, -0.05) is 12.1 Å². The Morgan fingerprint density at radius 3 is 2.82 bits per heavy atom. The monoisotopic (exact) mass is 303 g/mol. The van der Waals surface area contributed by atoms with Gasteiger partial charge in [0.1, 0.15) is 5.75 Å². The van der Waals surface area contributed by atoms with Crippen LogP contribution in [0.15, 0.2) is 24.3 Å². The topological polar surface area (TPSA) is 27.7 Å². The number of benzene rings is 1. The molecule has 1 aromatic rings. The fraction of sp³-hybridized carbons (Fsp3) is 0.667. The molecule has 1 aromatic carbocycles. The van der Waals surface area contributed by atoms with Gasteiger partial charge in [-0.3, -0.25) is 4.90 Å². The van der Waals surface area contributed by atoms with Crippen LogP contribution in [0, 0.1) is 0 Å². The van der Waals surface area contributed by atoms with Gasteiger partial charge in [-0.05, 0) is 50.6 Å². The van der Waals surface area contributed by atoms with Crippen molar-refractivity contribution in [3.8, 4) is 5.75 Å². The van der Waals surface area contributed by atoms with Crippen LogP contribution in [0.4, 0.5) is 0 Å². The van der Waals surface area contributed by atoms with Gasteiger partial charge in [0, 0.05) is 38.3 Å². The van der Waals surface area contributed by atoms with Crippen LogP contribution in [0.2, 0.25) is 0 Å². The first-order valence-corrected chi connectivity index (χ1v) is 8.60. The summed E-state index contributed by atoms with van der Waals surface area (Å²) in [6, 6.07) is 9.68. The van der Waals surface area contributed by atoms with Crippen molar-refractivity contribution >= 4 is 0 Å². The maximum absolute atomic E-state index is 5.44. The number of rotatable bonds is 5. The number of nitrogens with one attached hydrogen (secondary N) is 1. The molecule has 22 heavy (non-hydrogen) atoms. The Labute approximate surface area is 134 Å². The van der Waals surface area contributed by atoms with Crippen molar-refractivity contribution in [2.45, 2.75) is 31.8 Å². The third-order valence-corrected chi connectivity index (χ3v) is 5.06. The van der Waals surface area contributed by atoms with Gasteiger partial charge < -0.3 is 15.0 Å². The van der Waals surface area contributed by atoms with E-state index in [0.717, 1.165) is 31.9 Å². The molecule has 2 aliphatic rings. The summed E-state index contributed by atoms with van der Waals surface area (Å²) < 4.78 is 5.44. The van der Waals surface area contributed by atoms with Crippen molar-refractivity contribution in [1.82, 2.24) is 15.1 Å². The van der Waals surface area contributed by atoms with Crippen molar-refractivity contribution in [2.75, 3.05) is 46.4 Å². The van der Waals surface area contributed by atoms with E-state index >= 15 is 0 Å². The Balaban J connectivity index is 1.83. The summed E-state index contributed by atoms with van der Waals surface area (Å²) in [4.78, 5) is 5.29. The predicted molar refractivity (Wildman–Crippen MR) is 90.4 cm³/mol. The Morgan fingerprint density at radius 1 is 1.27 bits per heavy atom. The third-order valence-electron chi connectivity index (χ3n) is 5.06. The van der Waals surface area contributed by atoms with Gasteiger partial charge in [0.05, 0.1) is 7.11 Å². The molecule has 0 aromatic heterocycles. The average Bonchev–Trinajstić information content (AvgIpc) is 3.07. The molecule has 4 heteroatoms. The molecule has 1 N–H and O–H groups in total. The van der Waals surface area contributed by atoms with Gasteiger partial charge in [0.25, 0.3) is 0 Å². The van der Waals surface area contributed by atoms with Gasteiger partial charge in [-0.25, -0.2) is 0 Å². The first kappa shape index (κ1) is 15.8. The molecule has 3 rings (SSSR count). The lowest BCUT2D eigenvalue weighted by atomic mass is 10.0. The molecule has 2 heterocycles. The number of likely N-dealkylation sites (tertiary alicyclic amines) is 1. The summed E-state index contributed by atoms with van der Waals surface area (Å²) >= 11 is 0. The fourth-order valence-corrected chi connectivity index (χ4v) is 3.78. The van der Waals surface area contributed by atoms with Gasteiger partial charge in [-0.2, -0.15) is 0 Å². The number of ether oxygens (including phenoxy) is 1. The zero-order chi connectivity index (χ0) is 15.4. The highest BCUT2D eigenvalue weighted by atomic mass is 16.5. The highest BCUT2D eigenvalue weighted by molar-refractivity contribution is 5.31. The minimum absolute atomic E-state index is 0.463. The maximum Gasteiger partial charge on any atom is 0.119 e. The Hall–Kier alpha value is -1.10. The summed E-state index contributed by atoms with van der Waals surface area (Å²) in [6.45, 7) is 9.27. The number of hydrogen-bond acceptors (Lipinski definition) is 4. The molecule has 2 atom stereocenters. The summed E-state index contributed by atoms with van der Waals surface area (Å²) in [5.41, 5.74) is 1.39. The second-order valence-electron chi connectivity index (χ2n) is 6.59. The van der Waals surface area contributed by atoms with Crippen LogP contribution in [-0.2, 0) is 0 Å². The van der Waals surface area contributed by atoms with Crippen molar-refractivity contribution in [3.05, 3.63) is 29.8 Å². The summed E-state index contributed by atoms with van der Waals surface area (Å²) in [6.07, 6.45) is 2.70. The highest BCUT2D eigenvalue weighted by Crippen LogP contribution is 2.28. The van der Waals surface area contributed by atoms with Gasteiger partial charge in [0.15, 0.2) is 0 Å². The van der Waals surface area contributed by atoms with Crippen molar-refractivity contribution in [2.24, 2.45) is 0 Å². The average molecular weight is 303 g/mol. The number of nitrogens with zero attached hydrogens (tertiary/aromatic N) is 2. The zero-order valence-corrected chi connectivity index (χ0v) is 13.9. The van der Waals surface area contributed by atoms with Crippen LogP contribution in [0.1, 0.15) is 31.4 Å². The number of methoxy groups -OCH3 is 1. The van der Waals surface area contributed by atoms with E-state index in [0.29, 0.717) is 12.1 Å². The van der Waals surface area contributed by atoms with Crippen LogP contribution in [0.5, 0.6) is 5.75 Å². The van der Waals surface area contributed by atoms with Crippen molar-refractivity contribution < 1.29 is 4.74 Å². The van der Waals surface area contributed by atoms with E-state index in [4.69, 9.17) is 4.74 Å². The van der Waals surface area contributed by atoms with E-state index in [1.807, 2.05) is 6.07 Å². The quantitative estimate of drug-likeness (QED) is 0.902. The minimum Gasteiger partial charge on any atom is -0.497 e. The third kappa shape index (κ3) is 3.62. The normalized spacial score (nSPS) is 25.3. The molecule has 0 bridgehead atoms. The smallest absolute Gasteiger partial charge is 0.119 e. The standard InChI is InChI=1S/C18H29N3O/c1-15-13-19-8-11-21(15)18(14-20-9-3-4-10-20)16-6-5-7-17(12-16)22-2/h5-7,12,15,18-19H,3-4,8-11,13-14H2,1-2H3. The highest BCUT2D eigenvalue weighted by Gasteiger charge is 2.29. The van der Waals surface area contributed by atoms with E-state index in [2.05, 4.69) is 40.2 Å². The molecular weight excluding hydrogens is 274 g/mol. The van der Waals surface area contributed by atoms with Crippen molar-refractivity contribution in [3.63, 3.8) is 0 Å². The summed E-state index contributed by atoms with van der Waals surface area (Å²) in [7, 11) is 1.75. The predicted octanol–water partition coefficient (Wildman–Crippen LogP) is 2.13. The second-order valence-corrected chi connectivity index (χ2v) is 6.59. The molecule has 122 valence electrons. The van der Waals surface area contributed by atoms with Crippen LogP contribution >= 0.6 is 0 Å². The number of piperazine rings is 1. The minimum atomic E-state index is 0.463.